The number of para-hydroxylation sites is 1. The summed E-state index contributed by atoms with van der Waals surface area (Å²) in [7, 11) is 1.61. The van der Waals surface area contributed by atoms with Crippen LogP contribution in [-0.2, 0) is 27.2 Å². The van der Waals surface area contributed by atoms with Gasteiger partial charge in [-0.15, -0.1) is 0 Å². The van der Waals surface area contributed by atoms with E-state index in [0.29, 0.717) is 24.4 Å². The molecule has 5 N–H and O–H groups in total. The van der Waals surface area contributed by atoms with Gasteiger partial charge in [0.2, 0.25) is 5.91 Å². The molecule has 0 aliphatic carbocycles. The van der Waals surface area contributed by atoms with Crippen LogP contribution < -0.4 is 16.4 Å². The molecule has 4 heterocycles. The van der Waals surface area contributed by atoms with E-state index in [1.54, 1.807) is 27.1 Å². The van der Waals surface area contributed by atoms with Crippen molar-refractivity contribution in [2.45, 2.75) is 50.7 Å². The lowest BCUT2D eigenvalue weighted by molar-refractivity contribution is -0.141. The van der Waals surface area contributed by atoms with Gasteiger partial charge in [0.05, 0.1) is 23.3 Å². The highest BCUT2D eigenvalue weighted by Crippen LogP contribution is 2.40. The molecule has 10 nitrogen and oxygen atoms in total. The highest BCUT2D eigenvalue weighted by atomic mass is 16.2. The van der Waals surface area contributed by atoms with Gasteiger partial charge < -0.3 is 21.4 Å². The maximum atomic E-state index is 14.4. The van der Waals surface area contributed by atoms with Gasteiger partial charge in [-0.25, -0.2) is 5.01 Å². The number of ketones is 1. The van der Waals surface area contributed by atoms with Gasteiger partial charge >= 0.3 is 0 Å². The SMILES string of the molecule is CN1N=C2CCN[C@H](C(=O)[C@@H](Cc3c[nH]c4ccccc34)NC(=O)C(C)(C)N)[C@@]2(Cc2ccccn2)C1=O. The molecule has 0 saturated carbocycles. The van der Waals surface area contributed by atoms with Crippen molar-refractivity contribution in [3.05, 3.63) is 66.1 Å². The number of rotatable bonds is 8. The lowest BCUT2D eigenvalue weighted by atomic mass is 9.66. The Morgan fingerprint density at radius 3 is 2.74 bits per heavy atom. The number of H-pyrrole nitrogens is 1. The van der Waals surface area contributed by atoms with E-state index < -0.39 is 28.9 Å². The molecule has 2 aliphatic rings. The highest BCUT2D eigenvalue weighted by molar-refractivity contribution is 6.17. The summed E-state index contributed by atoms with van der Waals surface area (Å²) in [6, 6.07) is 11.5. The predicted molar refractivity (Wildman–Crippen MR) is 144 cm³/mol. The van der Waals surface area contributed by atoms with Crippen LogP contribution in [-0.4, -0.2) is 69.5 Å². The van der Waals surface area contributed by atoms with E-state index in [1.165, 1.54) is 5.01 Å². The van der Waals surface area contributed by atoms with Crippen molar-refractivity contribution >= 4 is 34.2 Å². The Morgan fingerprint density at radius 1 is 1.24 bits per heavy atom. The molecule has 0 radical (unpaired) electrons. The zero-order valence-corrected chi connectivity index (χ0v) is 21.8. The zero-order valence-electron chi connectivity index (χ0n) is 21.8. The molecule has 3 aromatic rings. The third-order valence-corrected chi connectivity index (χ3v) is 7.47. The number of aromatic nitrogens is 2. The van der Waals surface area contributed by atoms with Crippen molar-refractivity contribution in [3.63, 3.8) is 0 Å². The van der Waals surface area contributed by atoms with E-state index in [2.05, 4.69) is 25.7 Å². The Labute approximate surface area is 221 Å². The number of nitrogens with zero attached hydrogens (tertiary/aromatic N) is 3. The minimum atomic E-state index is -1.24. The molecule has 3 atom stereocenters. The number of amides is 2. The fraction of sp³-hybridized carbons (Fsp3) is 0.393. The van der Waals surface area contributed by atoms with E-state index in [-0.39, 0.29) is 24.5 Å². The number of hydrazone groups is 1. The number of hydrogen-bond donors (Lipinski definition) is 4. The average molecular weight is 516 g/mol. The Bertz CT molecular complexity index is 1410. The first-order valence-corrected chi connectivity index (χ1v) is 12.8. The van der Waals surface area contributed by atoms with Crippen LogP contribution in [0.25, 0.3) is 10.9 Å². The third-order valence-electron chi connectivity index (χ3n) is 7.47. The molecule has 2 aliphatic heterocycles. The van der Waals surface area contributed by atoms with Crippen LogP contribution in [0.15, 0.2) is 60.0 Å². The van der Waals surface area contributed by atoms with Gasteiger partial charge in [0.1, 0.15) is 5.41 Å². The van der Waals surface area contributed by atoms with E-state index in [9.17, 15) is 14.4 Å². The van der Waals surface area contributed by atoms with Crippen LogP contribution in [0, 0.1) is 5.41 Å². The Balaban J connectivity index is 1.55. The molecule has 5 rings (SSSR count). The number of pyridine rings is 1. The number of hydrogen-bond acceptors (Lipinski definition) is 7. The molecule has 0 spiro atoms. The third kappa shape index (κ3) is 4.50. The molecule has 2 amide bonds. The molecule has 38 heavy (non-hydrogen) atoms. The molecule has 198 valence electrons. The van der Waals surface area contributed by atoms with Crippen molar-refractivity contribution in [1.82, 2.24) is 25.6 Å². The Kier molecular flexibility index (Phi) is 6.62. The Hall–Kier alpha value is -3.89. The minimum Gasteiger partial charge on any atom is -0.361 e. The summed E-state index contributed by atoms with van der Waals surface area (Å²) in [5.41, 5.74) is 6.82. The summed E-state index contributed by atoms with van der Waals surface area (Å²) in [4.78, 5) is 48.9. The quantitative estimate of drug-likeness (QED) is 0.356. The molecule has 10 heteroatoms. The normalized spacial score (nSPS) is 22.2. The van der Waals surface area contributed by atoms with Crippen molar-refractivity contribution < 1.29 is 14.4 Å². The van der Waals surface area contributed by atoms with Crippen molar-refractivity contribution in [2.24, 2.45) is 16.3 Å². The molecular weight excluding hydrogens is 482 g/mol. The Morgan fingerprint density at radius 2 is 2.00 bits per heavy atom. The molecule has 0 bridgehead atoms. The molecule has 1 saturated heterocycles. The first kappa shape index (κ1) is 25.7. The lowest BCUT2D eigenvalue weighted by Gasteiger charge is -2.41. The number of nitrogens with two attached hydrogens (primary N) is 1. The van der Waals surface area contributed by atoms with Crippen LogP contribution in [0.2, 0.25) is 0 Å². The molecule has 1 fully saturated rings. The summed E-state index contributed by atoms with van der Waals surface area (Å²) < 4.78 is 0. The van der Waals surface area contributed by atoms with Gasteiger partial charge in [0.25, 0.3) is 5.91 Å². The smallest absolute Gasteiger partial charge is 0.256 e. The summed E-state index contributed by atoms with van der Waals surface area (Å²) in [5.74, 6) is -1.01. The number of carbonyl (C=O) groups excluding carboxylic acids is 3. The van der Waals surface area contributed by atoms with Crippen LogP contribution in [0.1, 0.15) is 31.5 Å². The van der Waals surface area contributed by atoms with E-state index in [4.69, 9.17) is 5.73 Å². The summed E-state index contributed by atoms with van der Waals surface area (Å²) in [5, 5.41) is 13.0. The second-order valence-corrected chi connectivity index (χ2v) is 10.7. The van der Waals surface area contributed by atoms with E-state index in [1.807, 2.05) is 48.7 Å². The standard InChI is InChI=1S/C28H33N7O3/c1-27(2,29)25(37)33-21(14-17-16-32-20-10-5-4-9-19(17)20)23(36)24-28(15-18-8-6-7-12-30-18)22(11-13-31-24)34-35(3)26(28)38/h4-10,12,16,21,24,31-32H,11,13-15,29H2,1-3H3,(H,33,37)/t21-,24-,28+/m1/s1. The summed E-state index contributed by atoms with van der Waals surface area (Å²) >= 11 is 0. The highest BCUT2D eigenvalue weighted by Gasteiger charge is 2.59. The van der Waals surface area contributed by atoms with Gasteiger partial charge in [-0.2, -0.15) is 5.10 Å². The average Bonchev–Trinajstić information content (AvgIpc) is 3.41. The number of fused-ring (bicyclic) bond motifs is 2. The second kappa shape index (κ2) is 9.77. The number of benzene rings is 1. The first-order chi connectivity index (χ1) is 18.1. The summed E-state index contributed by atoms with van der Waals surface area (Å²) in [6.45, 7) is 3.67. The maximum Gasteiger partial charge on any atom is 0.256 e. The van der Waals surface area contributed by atoms with Gasteiger partial charge in [0, 0.05) is 61.8 Å². The van der Waals surface area contributed by atoms with Crippen LogP contribution in [0.4, 0.5) is 0 Å². The number of piperidine rings is 1. The molecule has 2 aromatic heterocycles. The van der Waals surface area contributed by atoms with Gasteiger partial charge in [-0.05, 0) is 37.6 Å². The van der Waals surface area contributed by atoms with Gasteiger partial charge in [0.15, 0.2) is 5.78 Å². The van der Waals surface area contributed by atoms with Crippen molar-refractivity contribution in [3.8, 4) is 0 Å². The minimum absolute atomic E-state index is 0.218. The van der Waals surface area contributed by atoms with Crippen LogP contribution >= 0.6 is 0 Å². The number of carbonyl (C=O) groups is 3. The van der Waals surface area contributed by atoms with E-state index >= 15 is 0 Å². The first-order valence-electron chi connectivity index (χ1n) is 12.8. The molecule has 0 unspecified atom stereocenters. The number of Topliss-reactive ketones (excluding diaryl/α,β-unsaturated/α-hetero) is 1. The van der Waals surface area contributed by atoms with Crippen LogP contribution in [0.3, 0.4) is 0 Å². The zero-order chi connectivity index (χ0) is 27.1. The van der Waals surface area contributed by atoms with Gasteiger partial charge in [-0.1, -0.05) is 24.3 Å². The monoisotopic (exact) mass is 515 g/mol. The second-order valence-electron chi connectivity index (χ2n) is 10.7. The van der Waals surface area contributed by atoms with Gasteiger partial charge in [-0.3, -0.25) is 19.4 Å². The summed E-state index contributed by atoms with van der Waals surface area (Å²) in [6.07, 6.45) is 4.50. The van der Waals surface area contributed by atoms with Crippen LogP contribution in [0.5, 0.6) is 0 Å². The lowest BCUT2D eigenvalue weighted by Crippen LogP contribution is -2.66. The molecule has 1 aromatic carbocycles. The maximum absolute atomic E-state index is 14.4. The van der Waals surface area contributed by atoms with Crippen molar-refractivity contribution in [1.29, 1.82) is 0 Å². The topological polar surface area (TPSA) is 146 Å². The largest absolute Gasteiger partial charge is 0.361 e. The van der Waals surface area contributed by atoms with E-state index in [0.717, 1.165) is 16.5 Å². The fourth-order valence-corrected chi connectivity index (χ4v) is 5.50. The number of nitrogens with one attached hydrogen (secondary N) is 3. The fourth-order valence-electron chi connectivity index (χ4n) is 5.50. The van der Waals surface area contributed by atoms with Crippen molar-refractivity contribution in [2.75, 3.05) is 13.6 Å². The predicted octanol–water partition coefficient (Wildman–Crippen LogP) is 1.32. The number of aromatic amines is 1. The molecular formula is C28H33N7O3.